The second kappa shape index (κ2) is 8.45. The van der Waals surface area contributed by atoms with Gasteiger partial charge in [0.05, 0.1) is 16.1 Å². The van der Waals surface area contributed by atoms with E-state index >= 15 is 0 Å². The Balaban J connectivity index is 1.70. The van der Waals surface area contributed by atoms with Crippen molar-refractivity contribution in [1.29, 1.82) is 5.26 Å². The first-order valence-electron chi connectivity index (χ1n) is 8.76. The van der Waals surface area contributed by atoms with E-state index in [1.165, 1.54) is 24.3 Å². The molecule has 148 valence electrons. The SMILES string of the molecule is N#Cc1cc(S(N)(=O)=O)ccc1NC1CCCN(Cc2ccc(F)cc2Cl)C1. The Morgan fingerprint density at radius 2 is 2.11 bits per heavy atom. The molecule has 0 spiro atoms. The number of nitriles is 1. The zero-order valence-corrected chi connectivity index (χ0v) is 16.6. The Kier molecular flexibility index (Phi) is 6.20. The number of piperidine rings is 1. The number of nitrogens with one attached hydrogen (secondary N) is 1. The van der Waals surface area contributed by atoms with Gasteiger partial charge in [-0.2, -0.15) is 5.26 Å². The number of hydrogen-bond acceptors (Lipinski definition) is 5. The molecule has 2 aromatic carbocycles. The van der Waals surface area contributed by atoms with E-state index in [-0.39, 0.29) is 22.3 Å². The van der Waals surface area contributed by atoms with Gasteiger partial charge in [0.25, 0.3) is 0 Å². The molecular weight excluding hydrogens is 403 g/mol. The third-order valence-corrected chi connectivity index (χ3v) is 5.98. The van der Waals surface area contributed by atoms with Crippen LogP contribution in [0.4, 0.5) is 10.1 Å². The van der Waals surface area contributed by atoms with Crippen LogP contribution in [-0.2, 0) is 16.6 Å². The summed E-state index contributed by atoms with van der Waals surface area (Å²) in [5, 5.41) is 18.2. The first-order chi connectivity index (χ1) is 13.3. The van der Waals surface area contributed by atoms with Gasteiger partial charge >= 0.3 is 0 Å². The van der Waals surface area contributed by atoms with Crippen LogP contribution in [0.1, 0.15) is 24.0 Å². The van der Waals surface area contributed by atoms with Crippen LogP contribution < -0.4 is 10.5 Å². The van der Waals surface area contributed by atoms with E-state index in [1.807, 2.05) is 6.07 Å². The zero-order valence-electron chi connectivity index (χ0n) is 15.0. The highest BCUT2D eigenvalue weighted by molar-refractivity contribution is 7.89. The Hall–Kier alpha value is -2.18. The Morgan fingerprint density at radius 3 is 2.79 bits per heavy atom. The minimum Gasteiger partial charge on any atom is -0.380 e. The molecule has 0 aliphatic carbocycles. The van der Waals surface area contributed by atoms with Crippen molar-refractivity contribution in [3.05, 3.63) is 58.4 Å². The highest BCUT2D eigenvalue weighted by atomic mass is 35.5. The van der Waals surface area contributed by atoms with Gasteiger partial charge in [-0.1, -0.05) is 17.7 Å². The molecule has 2 aromatic rings. The number of rotatable bonds is 5. The van der Waals surface area contributed by atoms with Crippen LogP contribution in [0.25, 0.3) is 0 Å². The van der Waals surface area contributed by atoms with Crippen LogP contribution in [-0.4, -0.2) is 32.4 Å². The lowest BCUT2D eigenvalue weighted by Crippen LogP contribution is -2.41. The number of likely N-dealkylation sites (tertiary alicyclic amines) is 1. The maximum Gasteiger partial charge on any atom is 0.238 e. The van der Waals surface area contributed by atoms with Crippen LogP contribution in [0.2, 0.25) is 5.02 Å². The molecule has 3 rings (SSSR count). The summed E-state index contributed by atoms with van der Waals surface area (Å²) < 4.78 is 36.2. The van der Waals surface area contributed by atoms with Crippen LogP contribution in [0.3, 0.4) is 0 Å². The van der Waals surface area contributed by atoms with Gasteiger partial charge in [0, 0.05) is 24.2 Å². The molecule has 1 aliphatic rings. The van der Waals surface area contributed by atoms with Crippen molar-refractivity contribution in [2.45, 2.75) is 30.3 Å². The van der Waals surface area contributed by atoms with Crippen LogP contribution in [0, 0.1) is 17.1 Å². The fourth-order valence-corrected chi connectivity index (χ4v) is 4.11. The normalized spacial score (nSPS) is 17.9. The summed E-state index contributed by atoms with van der Waals surface area (Å²) in [7, 11) is -3.86. The predicted molar refractivity (Wildman–Crippen MR) is 106 cm³/mol. The number of nitrogens with zero attached hydrogens (tertiary/aromatic N) is 2. The topological polar surface area (TPSA) is 99.2 Å². The summed E-state index contributed by atoms with van der Waals surface area (Å²) in [6, 6.07) is 10.7. The minimum absolute atomic E-state index is 0.0837. The molecule has 0 bridgehead atoms. The number of hydrogen-bond donors (Lipinski definition) is 2. The van der Waals surface area contributed by atoms with Crippen molar-refractivity contribution in [3.63, 3.8) is 0 Å². The van der Waals surface area contributed by atoms with Gasteiger partial charge < -0.3 is 5.32 Å². The molecule has 0 saturated carbocycles. The third kappa shape index (κ3) is 5.00. The second-order valence-electron chi connectivity index (χ2n) is 6.82. The summed E-state index contributed by atoms with van der Waals surface area (Å²) in [6.07, 6.45) is 1.86. The highest BCUT2D eigenvalue weighted by Gasteiger charge is 2.22. The second-order valence-corrected chi connectivity index (χ2v) is 8.79. The van der Waals surface area contributed by atoms with Crippen molar-refractivity contribution in [3.8, 4) is 6.07 Å². The summed E-state index contributed by atoms with van der Waals surface area (Å²) >= 11 is 6.13. The summed E-state index contributed by atoms with van der Waals surface area (Å²) in [5.74, 6) is -0.362. The van der Waals surface area contributed by atoms with E-state index in [0.717, 1.165) is 31.5 Å². The molecule has 1 heterocycles. The van der Waals surface area contributed by atoms with Gasteiger partial charge in [0.2, 0.25) is 10.0 Å². The molecule has 1 aliphatic heterocycles. The number of nitrogens with two attached hydrogens (primary N) is 1. The third-order valence-electron chi connectivity index (χ3n) is 4.71. The fourth-order valence-electron chi connectivity index (χ4n) is 3.35. The molecule has 1 fully saturated rings. The van der Waals surface area contributed by atoms with E-state index < -0.39 is 10.0 Å². The summed E-state index contributed by atoms with van der Waals surface area (Å²) in [6.45, 7) is 2.21. The van der Waals surface area contributed by atoms with Crippen LogP contribution in [0.15, 0.2) is 41.3 Å². The van der Waals surface area contributed by atoms with Gasteiger partial charge in [-0.3, -0.25) is 4.90 Å². The molecule has 1 atom stereocenters. The Bertz CT molecular complexity index is 1020. The van der Waals surface area contributed by atoms with Gasteiger partial charge in [-0.15, -0.1) is 0 Å². The molecule has 28 heavy (non-hydrogen) atoms. The lowest BCUT2D eigenvalue weighted by molar-refractivity contribution is 0.208. The Labute approximate surface area is 168 Å². The highest BCUT2D eigenvalue weighted by Crippen LogP contribution is 2.24. The van der Waals surface area contributed by atoms with Gasteiger partial charge in [0.15, 0.2) is 0 Å². The molecule has 9 heteroatoms. The molecule has 1 unspecified atom stereocenters. The van der Waals surface area contributed by atoms with Crippen molar-refractivity contribution in [2.24, 2.45) is 5.14 Å². The maximum absolute atomic E-state index is 13.2. The quantitative estimate of drug-likeness (QED) is 0.771. The average Bonchev–Trinajstić information content (AvgIpc) is 2.64. The van der Waals surface area contributed by atoms with E-state index in [4.69, 9.17) is 16.7 Å². The fraction of sp³-hybridized carbons (Fsp3) is 0.316. The maximum atomic E-state index is 13.2. The Morgan fingerprint density at radius 1 is 1.32 bits per heavy atom. The number of primary sulfonamides is 1. The first-order valence-corrected chi connectivity index (χ1v) is 10.7. The van der Waals surface area contributed by atoms with E-state index in [2.05, 4.69) is 10.2 Å². The first kappa shape index (κ1) is 20.6. The van der Waals surface area contributed by atoms with Crippen LogP contribution >= 0.6 is 11.6 Å². The van der Waals surface area contributed by atoms with E-state index in [1.54, 1.807) is 12.1 Å². The molecule has 0 aromatic heterocycles. The lowest BCUT2D eigenvalue weighted by Gasteiger charge is -2.34. The predicted octanol–water partition coefficient (Wildman–Crippen LogP) is 3.07. The van der Waals surface area contributed by atoms with E-state index in [0.29, 0.717) is 17.3 Å². The van der Waals surface area contributed by atoms with E-state index in [9.17, 15) is 18.1 Å². The summed E-state index contributed by atoms with van der Waals surface area (Å²) in [4.78, 5) is 2.12. The zero-order chi connectivity index (χ0) is 20.3. The largest absolute Gasteiger partial charge is 0.380 e. The number of halogens is 2. The average molecular weight is 423 g/mol. The monoisotopic (exact) mass is 422 g/mol. The summed E-state index contributed by atoms with van der Waals surface area (Å²) in [5.41, 5.74) is 1.66. The molecule has 6 nitrogen and oxygen atoms in total. The van der Waals surface area contributed by atoms with Gasteiger partial charge in [0.1, 0.15) is 11.9 Å². The minimum atomic E-state index is -3.86. The number of benzene rings is 2. The molecular formula is C19H20ClFN4O2S. The molecule has 1 saturated heterocycles. The number of sulfonamides is 1. The molecule has 0 amide bonds. The smallest absolute Gasteiger partial charge is 0.238 e. The number of anilines is 1. The van der Waals surface area contributed by atoms with Gasteiger partial charge in [-0.05, 0) is 55.3 Å². The van der Waals surface area contributed by atoms with Gasteiger partial charge in [-0.25, -0.2) is 17.9 Å². The van der Waals surface area contributed by atoms with Crippen molar-refractivity contribution >= 4 is 27.3 Å². The lowest BCUT2D eigenvalue weighted by atomic mass is 10.0. The van der Waals surface area contributed by atoms with Crippen molar-refractivity contribution in [1.82, 2.24) is 4.90 Å². The molecule has 3 N–H and O–H groups in total. The van der Waals surface area contributed by atoms with Crippen molar-refractivity contribution < 1.29 is 12.8 Å². The molecule has 0 radical (unpaired) electrons. The van der Waals surface area contributed by atoms with Crippen LogP contribution in [0.5, 0.6) is 0 Å². The van der Waals surface area contributed by atoms with Crippen molar-refractivity contribution in [2.75, 3.05) is 18.4 Å². The standard InChI is InChI=1S/C19H20ClFN4O2S/c20-18-9-15(21)4-3-13(18)11-25-7-1-2-16(12-25)24-19-6-5-17(28(23,26)27)8-14(19)10-22/h3-6,8-9,16,24H,1-2,7,11-12H2,(H2,23,26,27).